The normalized spacial score (nSPS) is 10.5. The Bertz CT molecular complexity index is 395. The van der Waals surface area contributed by atoms with Gasteiger partial charge in [0.2, 0.25) is 0 Å². The highest BCUT2D eigenvalue weighted by molar-refractivity contribution is 9.08. The number of hydrogen-bond donors (Lipinski definition) is 2. The minimum Gasteiger partial charge on any atom is -0.350 e. The van der Waals surface area contributed by atoms with E-state index in [0.29, 0.717) is 10.9 Å². The molecule has 4 nitrogen and oxygen atoms in total. The van der Waals surface area contributed by atoms with Gasteiger partial charge in [0.05, 0.1) is 6.21 Å². The maximum Gasteiger partial charge on any atom is 0.332 e. The topological polar surface area (TPSA) is 67.5 Å². The summed E-state index contributed by atoms with van der Waals surface area (Å²) in [5.74, 6) is -0.361. The molecule has 0 heterocycles. The number of nitrogens with one attached hydrogen (secondary N) is 1. The van der Waals surface area contributed by atoms with Gasteiger partial charge >= 0.3 is 6.03 Å². The number of urea groups is 1. The lowest BCUT2D eigenvalue weighted by atomic mass is 10.1. The van der Waals surface area contributed by atoms with Gasteiger partial charge in [-0.15, -0.1) is 0 Å². The molecule has 0 atom stereocenters. The van der Waals surface area contributed by atoms with E-state index in [1.165, 1.54) is 18.3 Å². The number of rotatable bonds is 3. The second-order valence-corrected chi connectivity index (χ2v) is 3.27. The van der Waals surface area contributed by atoms with Crippen LogP contribution in [0.25, 0.3) is 0 Å². The fourth-order valence-electron chi connectivity index (χ4n) is 0.973. The Hall–Kier alpha value is -1.43. The van der Waals surface area contributed by atoms with Crippen LogP contribution in [0.1, 0.15) is 11.1 Å². The summed E-state index contributed by atoms with van der Waals surface area (Å²) in [6.07, 6.45) is 1.34. The SMILES string of the molecule is NC(=O)NN=Cc1cc(F)ccc1CBr. The van der Waals surface area contributed by atoms with Crippen LogP contribution in [0.4, 0.5) is 9.18 Å². The molecule has 0 aliphatic carbocycles. The molecule has 0 saturated carbocycles. The molecule has 6 heteroatoms. The van der Waals surface area contributed by atoms with E-state index in [9.17, 15) is 9.18 Å². The van der Waals surface area contributed by atoms with Crippen LogP contribution in [0.2, 0.25) is 0 Å². The van der Waals surface area contributed by atoms with Gasteiger partial charge in [0.15, 0.2) is 0 Å². The molecule has 2 amide bonds. The molecule has 1 aromatic carbocycles. The zero-order valence-corrected chi connectivity index (χ0v) is 9.29. The maximum atomic E-state index is 12.9. The second-order valence-electron chi connectivity index (χ2n) is 2.71. The number of nitrogens with two attached hydrogens (primary N) is 1. The number of primary amides is 1. The quantitative estimate of drug-likeness (QED) is 0.492. The molecular formula is C9H9BrFN3O. The van der Waals surface area contributed by atoms with E-state index in [-0.39, 0.29) is 5.82 Å². The van der Waals surface area contributed by atoms with E-state index in [1.807, 2.05) is 5.43 Å². The molecule has 0 aromatic heterocycles. The van der Waals surface area contributed by atoms with E-state index in [0.717, 1.165) is 5.56 Å². The van der Waals surface area contributed by atoms with Crippen molar-refractivity contribution < 1.29 is 9.18 Å². The Balaban J connectivity index is 2.87. The summed E-state index contributed by atoms with van der Waals surface area (Å²) in [5, 5.41) is 4.13. The molecular weight excluding hydrogens is 265 g/mol. The van der Waals surface area contributed by atoms with Crippen LogP contribution in [0.3, 0.4) is 0 Å². The van der Waals surface area contributed by atoms with E-state index in [1.54, 1.807) is 6.07 Å². The summed E-state index contributed by atoms with van der Waals surface area (Å²) in [6, 6.07) is 3.55. The Kier molecular flexibility index (Phi) is 4.23. The Morgan fingerprint density at radius 3 is 3.00 bits per heavy atom. The van der Waals surface area contributed by atoms with Gasteiger partial charge in [0.1, 0.15) is 5.82 Å². The van der Waals surface area contributed by atoms with E-state index < -0.39 is 6.03 Å². The fraction of sp³-hybridized carbons (Fsp3) is 0.111. The summed E-state index contributed by atoms with van der Waals surface area (Å²) >= 11 is 3.26. The fourth-order valence-corrected chi connectivity index (χ4v) is 1.48. The molecule has 1 rings (SSSR count). The second kappa shape index (κ2) is 5.45. The van der Waals surface area contributed by atoms with Gasteiger partial charge in [-0.1, -0.05) is 22.0 Å². The molecule has 15 heavy (non-hydrogen) atoms. The van der Waals surface area contributed by atoms with Crippen molar-refractivity contribution in [3.63, 3.8) is 0 Å². The first kappa shape index (κ1) is 11.6. The number of nitrogens with zero attached hydrogens (tertiary/aromatic N) is 1. The summed E-state index contributed by atoms with van der Waals surface area (Å²) in [5.41, 5.74) is 8.30. The smallest absolute Gasteiger partial charge is 0.332 e. The zero-order valence-electron chi connectivity index (χ0n) is 7.71. The first-order chi connectivity index (χ1) is 7.13. The predicted molar refractivity (Wildman–Crippen MR) is 59.3 cm³/mol. The average Bonchev–Trinajstić information content (AvgIpc) is 2.17. The van der Waals surface area contributed by atoms with E-state index in [2.05, 4.69) is 21.0 Å². The van der Waals surface area contributed by atoms with Crippen molar-refractivity contribution in [2.45, 2.75) is 5.33 Å². The van der Waals surface area contributed by atoms with Crippen LogP contribution in [0.15, 0.2) is 23.3 Å². The van der Waals surface area contributed by atoms with Gasteiger partial charge < -0.3 is 5.73 Å². The number of alkyl halides is 1. The highest BCUT2D eigenvalue weighted by Gasteiger charge is 2.00. The van der Waals surface area contributed by atoms with Gasteiger partial charge in [0.25, 0.3) is 0 Å². The van der Waals surface area contributed by atoms with Gasteiger partial charge in [-0.2, -0.15) is 5.10 Å². The first-order valence-electron chi connectivity index (χ1n) is 4.06. The van der Waals surface area contributed by atoms with E-state index in [4.69, 9.17) is 5.73 Å². The zero-order chi connectivity index (χ0) is 11.3. The summed E-state index contributed by atoms with van der Waals surface area (Å²) in [4.78, 5) is 10.3. The number of carbonyl (C=O) groups excluding carboxylic acids is 1. The molecule has 0 spiro atoms. The lowest BCUT2D eigenvalue weighted by molar-refractivity contribution is 0.249. The highest BCUT2D eigenvalue weighted by atomic mass is 79.9. The van der Waals surface area contributed by atoms with Crippen LogP contribution < -0.4 is 11.2 Å². The molecule has 0 bridgehead atoms. The van der Waals surface area contributed by atoms with Crippen LogP contribution in [0, 0.1) is 5.82 Å². The molecule has 0 aliphatic heterocycles. The predicted octanol–water partition coefficient (Wildman–Crippen LogP) is 1.72. The summed E-state index contributed by atoms with van der Waals surface area (Å²) in [6.45, 7) is 0. The van der Waals surface area contributed by atoms with Gasteiger partial charge in [-0.05, 0) is 17.7 Å². The third-order valence-corrected chi connectivity index (χ3v) is 2.23. The van der Waals surface area contributed by atoms with Crippen LogP contribution in [0.5, 0.6) is 0 Å². The molecule has 0 unspecified atom stereocenters. The number of hydrazone groups is 1. The van der Waals surface area contributed by atoms with Crippen molar-refractivity contribution in [1.82, 2.24) is 5.43 Å². The molecule has 80 valence electrons. The Labute approximate surface area is 94.5 Å². The van der Waals surface area contributed by atoms with E-state index >= 15 is 0 Å². The van der Waals surface area contributed by atoms with Crippen molar-refractivity contribution in [3.8, 4) is 0 Å². The van der Waals surface area contributed by atoms with Crippen molar-refractivity contribution in [2.75, 3.05) is 0 Å². The number of carbonyl (C=O) groups is 1. The molecule has 0 fully saturated rings. The third kappa shape index (κ3) is 3.67. The summed E-state index contributed by atoms with van der Waals surface area (Å²) in [7, 11) is 0. The molecule has 3 N–H and O–H groups in total. The van der Waals surface area contributed by atoms with Crippen LogP contribution in [-0.4, -0.2) is 12.2 Å². The van der Waals surface area contributed by atoms with Crippen molar-refractivity contribution in [2.24, 2.45) is 10.8 Å². The maximum absolute atomic E-state index is 12.9. The minimum absolute atomic E-state index is 0.361. The molecule has 1 aromatic rings. The summed E-state index contributed by atoms with van der Waals surface area (Å²) < 4.78 is 12.9. The van der Waals surface area contributed by atoms with Crippen molar-refractivity contribution >= 4 is 28.2 Å². The van der Waals surface area contributed by atoms with Gasteiger partial charge in [-0.3, -0.25) is 0 Å². The molecule has 0 saturated heterocycles. The number of benzene rings is 1. The number of hydrogen-bond acceptors (Lipinski definition) is 2. The van der Waals surface area contributed by atoms with Crippen LogP contribution >= 0.6 is 15.9 Å². The Morgan fingerprint density at radius 2 is 2.40 bits per heavy atom. The van der Waals surface area contributed by atoms with Gasteiger partial charge in [-0.25, -0.2) is 14.6 Å². The molecule has 0 radical (unpaired) electrons. The van der Waals surface area contributed by atoms with Crippen molar-refractivity contribution in [3.05, 3.63) is 35.1 Å². The third-order valence-electron chi connectivity index (χ3n) is 1.63. The number of halogens is 2. The number of amides is 2. The lowest BCUT2D eigenvalue weighted by Crippen LogP contribution is -2.24. The first-order valence-corrected chi connectivity index (χ1v) is 5.18. The van der Waals surface area contributed by atoms with Gasteiger partial charge in [0, 0.05) is 10.9 Å². The standard InChI is InChI=1S/C9H9BrFN3O/c10-4-6-1-2-8(11)3-7(6)5-13-14-9(12)15/h1-3,5H,4H2,(H3,12,14,15). The Morgan fingerprint density at radius 1 is 1.67 bits per heavy atom. The van der Waals surface area contributed by atoms with Crippen molar-refractivity contribution in [1.29, 1.82) is 0 Å². The monoisotopic (exact) mass is 273 g/mol. The highest BCUT2D eigenvalue weighted by Crippen LogP contribution is 2.12. The average molecular weight is 274 g/mol. The molecule has 0 aliphatic rings. The van der Waals surface area contributed by atoms with Crippen LogP contribution in [-0.2, 0) is 5.33 Å². The lowest BCUT2D eigenvalue weighted by Gasteiger charge is -2.01. The largest absolute Gasteiger partial charge is 0.350 e. The minimum atomic E-state index is -0.761.